The summed E-state index contributed by atoms with van der Waals surface area (Å²) in [5, 5.41) is 4.05. The van der Waals surface area contributed by atoms with Gasteiger partial charge in [0.2, 0.25) is 0 Å². The molecule has 1 nitrogen and oxygen atoms in total. The third kappa shape index (κ3) is 4.10. The SMILES string of the molecule is CCC(CC)C(NC1CCCC(C)C1C)c1ccccc1. The van der Waals surface area contributed by atoms with Gasteiger partial charge in [-0.2, -0.15) is 0 Å². The summed E-state index contributed by atoms with van der Waals surface area (Å²) in [6.45, 7) is 9.53. The van der Waals surface area contributed by atoms with Gasteiger partial charge in [-0.15, -0.1) is 0 Å². The largest absolute Gasteiger partial charge is 0.307 e. The Morgan fingerprint density at radius 3 is 2.33 bits per heavy atom. The molecular weight excluding hydrogens is 254 g/mol. The van der Waals surface area contributed by atoms with E-state index in [1.807, 2.05) is 0 Å². The molecular formula is C20H33N. The molecule has 4 unspecified atom stereocenters. The van der Waals surface area contributed by atoms with Crippen molar-refractivity contribution in [2.24, 2.45) is 17.8 Å². The van der Waals surface area contributed by atoms with Crippen LogP contribution in [0.15, 0.2) is 30.3 Å². The quantitative estimate of drug-likeness (QED) is 0.720. The molecule has 1 heteroatoms. The molecule has 1 aromatic carbocycles. The Balaban J connectivity index is 2.16. The number of benzene rings is 1. The van der Waals surface area contributed by atoms with Crippen LogP contribution in [-0.4, -0.2) is 6.04 Å². The van der Waals surface area contributed by atoms with Gasteiger partial charge in [-0.25, -0.2) is 0 Å². The van der Waals surface area contributed by atoms with Crippen molar-refractivity contribution in [2.75, 3.05) is 0 Å². The minimum absolute atomic E-state index is 0.513. The maximum Gasteiger partial charge on any atom is 0.0350 e. The standard InChI is InChI=1S/C20H33N/c1-5-17(6-2)20(18-12-8-7-9-13-18)21-19-14-10-11-15(3)16(19)4/h7-9,12-13,15-17,19-21H,5-6,10-11,14H2,1-4H3. The van der Waals surface area contributed by atoms with E-state index in [0.29, 0.717) is 12.1 Å². The number of nitrogens with one attached hydrogen (secondary N) is 1. The molecule has 1 fully saturated rings. The molecule has 0 bridgehead atoms. The zero-order valence-electron chi connectivity index (χ0n) is 14.3. The average molecular weight is 287 g/mol. The van der Waals surface area contributed by atoms with E-state index in [-0.39, 0.29) is 0 Å². The van der Waals surface area contributed by atoms with Gasteiger partial charge in [-0.1, -0.05) is 83.7 Å². The van der Waals surface area contributed by atoms with Crippen LogP contribution in [0.1, 0.15) is 71.4 Å². The van der Waals surface area contributed by atoms with Crippen LogP contribution in [0.4, 0.5) is 0 Å². The molecule has 1 aromatic rings. The summed E-state index contributed by atoms with van der Waals surface area (Å²) >= 11 is 0. The van der Waals surface area contributed by atoms with Gasteiger partial charge in [0.1, 0.15) is 0 Å². The summed E-state index contributed by atoms with van der Waals surface area (Å²) < 4.78 is 0. The topological polar surface area (TPSA) is 12.0 Å². The van der Waals surface area contributed by atoms with Crippen molar-refractivity contribution in [3.8, 4) is 0 Å². The molecule has 0 radical (unpaired) electrons. The second-order valence-corrected chi connectivity index (χ2v) is 7.01. The van der Waals surface area contributed by atoms with Crippen molar-refractivity contribution in [3.05, 3.63) is 35.9 Å². The van der Waals surface area contributed by atoms with Crippen molar-refractivity contribution >= 4 is 0 Å². The lowest BCUT2D eigenvalue weighted by Gasteiger charge is -2.39. The Morgan fingerprint density at radius 2 is 1.71 bits per heavy atom. The van der Waals surface area contributed by atoms with Gasteiger partial charge in [0, 0.05) is 12.1 Å². The first-order valence-corrected chi connectivity index (χ1v) is 8.98. The molecule has 1 aliphatic rings. The normalized spacial score (nSPS) is 27.8. The van der Waals surface area contributed by atoms with Crippen molar-refractivity contribution in [2.45, 2.75) is 71.9 Å². The van der Waals surface area contributed by atoms with E-state index in [0.717, 1.165) is 17.8 Å². The molecule has 4 atom stereocenters. The predicted molar refractivity (Wildman–Crippen MR) is 92.4 cm³/mol. The second kappa shape index (κ2) is 7.98. The van der Waals surface area contributed by atoms with Gasteiger partial charge in [0.15, 0.2) is 0 Å². The zero-order valence-corrected chi connectivity index (χ0v) is 14.3. The van der Waals surface area contributed by atoms with Crippen molar-refractivity contribution < 1.29 is 0 Å². The Bertz CT molecular complexity index is 396. The summed E-state index contributed by atoms with van der Waals surface area (Å²) in [7, 11) is 0. The molecule has 0 aromatic heterocycles. The van der Waals surface area contributed by atoms with Crippen molar-refractivity contribution in [3.63, 3.8) is 0 Å². The fourth-order valence-electron chi connectivity index (χ4n) is 3.97. The van der Waals surface area contributed by atoms with Crippen LogP contribution >= 0.6 is 0 Å². The Kier molecular flexibility index (Phi) is 6.29. The third-order valence-electron chi connectivity index (χ3n) is 5.78. The van der Waals surface area contributed by atoms with Gasteiger partial charge < -0.3 is 5.32 Å². The summed E-state index contributed by atoms with van der Waals surface area (Å²) in [5.41, 5.74) is 1.47. The minimum Gasteiger partial charge on any atom is -0.307 e. The highest BCUT2D eigenvalue weighted by Gasteiger charge is 2.30. The highest BCUT2D eigenvalue weighted by molar-refractivity contribution is 5.20. The fourth-order valence-corrected chi connectivity index (χ4v) is 3.97. The van der Waals surface area contributed by atoms with E-state index in [2.05, 4.69) is 63.3 Å². The van der Waals surface area contributed by atoms with Crippen LogP contribution in [0.25, 0.3) is 0 Å². The second-order valence-electron chi connectivity index (χ2n) is 7.01. The Labute approximate surface area is 131 Å². The monoisotopic (exact) mass is 287 g/mol. The van der Waals surface area contributed by atoms with E-state index >= 15 is 0 Å². The van der Waals surface area contributed by atoms with Gasteiger partial charge in [0.05, 0.1) is 0 Å². The van der Waals surface area contributed by atoms with E-state index in [1.54, 1.807) is 0 Å². The maximum absolute atomic E-state index is 4.05. The minimum atomic E-state index is 0.513. The molecule has 21 heavy (non-hydrogen) atoms. The van der Waals surface area contributed by atoms with Crippen molar-refractivity contribution in [1.82, 2.24) is 5.32 Å². The number of rotatable bonds is 6. The van der Waals surface area contributed by atoms with Crippen LogP contribution in [0, 0.1) is 17.8 Å². The summed E-state index contributed by atoms with van der Waals surface area (Å²) in [5.74, 6) is 2.38. The molecule has 1 N–H and O–H groups in total. The summed E-state index contributed by atoms with van der Waals surface area (Å²) in [4.78, 5) is 0. The smallest absolute Gasteiger partial charge is 0.0350 e. The first-order chi connectivity index (χ1) is 10.2. The molecule has 1 saturated carbocycles. The number of hydrogen-bond donors (Lipinski definition) is 1. The van der Waals surface area contributed by atoms with Crippen LogP contribution < -0.4 is 5.32 Å². The van der Waals surface area contributed by atoms with Crippen molar-refractivity contribution in [1.29, 1.82) is 0 Å². The molecule has 0 spiro atoms. The first-order valence-electron chi connectivity index (χ1n) is 8.98. The lowest BCUT2D eigenvalue weighted by molar-refractivity contribution is 0.174. The molecule has 0 amide bonds. The van der Waals surface area contributed by atoms with Gasteiger partial charge in [0.25, 0.3) is 0 Å². The lowest BCUT2D eigenvalue weighted by Crippen LogP contribution is -2.44. The summed E-state index contributed by atoms with van der Waals surface area (Å²) in [6.07, 6.45) is 6.63. The highest BCUT2D eigenvalue weighted by atomic mass is 15.0. The van der Waals surface area contributed by atoms with E-state index in [4.69, 9.17) is 0 Å². The summed E-state index contributed by atoms with van der Waals surface area (Å²) in [6, 6.07) is 12.3. The van der Waals surface area contributed by atoms with E-state index in [1.165, 1.54) is 37.7 Å². The molecule has 1 aliphatic carbocycles. The van der Waals surface area contributed by atoms with Gasteiger partial charge in [-0.3, -0.25) is 0 Å². The van der Waals surface area contributed by atoms with Crippen LogP contribution in [0.5, 0.6) is 0 Å². The van der Waals surface area contributed by atoms with Crippen LogP contribution in [0.2, 0.25) is 0 Å². The molecule has 2 rings (SSSR count). The molecule has 118 valence electrons. The van der Waals surface area contributed by atoms with Gasteiger partial charge >= 0.3 is 0 Å². The molecule has 0 heterocycles. The maximum atomic E-state index is 4.05. The zero-order chi connectivity index (χ0) is 15.2. The van der Waals surface area contributed by atoms with E-state index < -0.39 is 0 Å². The Morgan fingerprint density at radius 1 is 1.05 bits per heavy atom. The van der Waals surface area contributed by atoms with Gasteiger partial charge in [-0.05, 0) is 29.7 Å². The van der Waals surface area contributed by atoms with E-state index in [9.17, 15) is 0 Å². The molecule has 0 saturated heterocycles. The number of hydrogen-bond acceptors (Lipinski definition) is 1. The average Bonchev–Trinajstić information content (AvgIpc) is 2.52. The fraction of sp³-hybridized carbons (Fsp3) is 0.700. The van der Waals surface area contributed by atoms with Crippen LogP contribution in [0.3, 0.4) is 0 Å². The molecule has 0 aliphatic heterocycles. The third-order valence-corrected chi connectivity index (χ3v) is 5.78. The Hall–Kier alpha value is -0.820. The van der Waals surface area contributed by atoms with Crippen LogP contribution in [-0.2, 0) is 0 Å². The first kappa shape index (κ1) is 16.5. The lowest BCUT2D eigenvalue weighted by atomic mass is 9.77. The predicted octanol–water partition coefficient (Wildman–Crippen LogP) is 5.58. The highest BCUT2D eigenvalue weighted by Crippen LogP contribution is 2.34.